The molecule has 6 aromatic carbocycles. The van der Waals surface area contributed by atoms with Gasteiger partial charge in [0.2, 0.25) is 0 Å². The summed E-state index contributed by atoms with van der Waals surface area (Å²) in [5.41, 5.74) is 9.86. The van der Waals surface area contributed by atoms with Gasteiger partial charge in [0.15, 0.2) is 0 Å². The molecule has 64 heavy (non-hydrogen) atoms. The first-order valence-corrected chi connectivity index (χ1v) is 23.1. The predicted octanol–water partition coefficient (Wildman–Crippen LogP) is 10.5. The quantitative estimate of drug-likeness (QED) is 0.0724. The molecule has 6 rings (SSSR count). The third-order valence-corrected chi connectivity index (χ3v) is 7.80. The lowest BCUT2D eigenvalue weighted by Gasteiger charge is -2.07. The van der Waals surface area contributed by atoms with Gasteiger partial charge in [-0.3, -0.25) is 0 Å². The van der Waals surface area contributed by atoms with Crippen LogP contribution in [0.25, 0.3) is 0 Å². The lowest BCUT2D eigenvalue weighted by Crippen LogP contribution is -2.33. The Morgan fingerprint density at radius 2 is 0.828 bits per heavy atom. The van der Waals surface area contributed by atoms with Gasteiger partial charge < -0.3 is 34.9 Å². The van der Waals surface area contributed by atoms with Gasteiger partial charge in [0.25, 0.3) is 0 Å². The van der Waals surface area contributed by atoms with Crippen LogP contribution < -0.4 is 15.7 Å². The van der Waals surface area contributed by atoms with Crippen molar-refractivity contribution in [2.24, 2.45) is 0 Å². The third-order valence-electron chi connectivity index (χ3n) is 7.80. The van der Waals surface area contributed by atoms with Gasteiger partial charge in [0, 0.05) is 5.88 Å². The maximum atomic E-state index is 9.02. The minimum Gasteiger partial charge on any atom is -0.494 e. The third kappa shape index (κ3) is 40.6. The molecule has 0 unspecified atom stereocenters. The van der Waals surface area contributed by atoms with Crippen molar-refractivity contribution in [3.05, 3.63) is 197 Å². The van der Waals surface area contributed by atoms with Crippen LogP contribution in [0.2, 0.25) is 6.82 Å². The van der Waals surface area contributed by atoms with Crippen LogP contribution in [0.15, 0.2) is 158 Å². The number of aryl methyl sites for hydroxylation is 7. The zero-order chi connectivity index (χ0) is 48.4. The van der Waals surface area contributed by atoms with E-state index >= 15 is 0 Å². The van der Waals surface area contributed by atoms with Crippen LogP contribution in [0.1, 0.15) is 74.1 Å². The molecule has 7 nitrogen and oxygen atoms in total. The number of alkyl halides is 2. The van der Waals surface area contributed by atoms with E-state index in [4.69, 9.17) is 46.5 Å². The topological polar surface area (TPSA) is 131 Å². The van der Waals surface area contributed by atoms with Crippen LogP contribution in [-0.4, -0.2) is 69.8 Å². The Morgan fingerprint density at radius 3 is 1.09 bits per heavy atom. The first-order valence-electron chi connectivity index (χ1n) is 21.0. The van der Waals surface area contributed by atoms with E-state index in [0.717, 1.165) is 35.6 Å². The lowest BCUT2D eigenvalue weighted by atomic mass is 9.76. The molecule has 0 radical (unpaired) electrons. The molecule has 0 fully saturated rings. The molecule has 0 aliphatic carbocycles. The second-order valence-electron chi connectivity index (χ2n) is 13.5. The molecule has 0 aliphatic heterocycles. The van der Waals surface area contributed by atoms with Crippen LogP contribution in [0.5, 0.6) is 5.75 Å². The Hall–Kier alpha value is -4.16. The van der Waals surface area contributed by atoms with Crippen LogP contribution in [0.4, 0.5) is 0 Å². The van der Waals surface area contributed by atoms with Crippen LogP contribution in [-0.2, 0) is 12.8 Å². The van der Waals surface area contributed by atoms with Gasteiger partial charge in [-0.05, 0) is 101 Å². The summed E-state index contributed by atoms with van der Waals surface area (Å²) >= 11 is 7.94. The zero-order valence-electron chi connectivity index (χ0n) is 39.4. The van der Waals surface area contributed by atoms with Crippen molar-refractivity contribution in [2.45, 2.75) is 89.4 Å². The van der Waals surface area contributed by atoms with E-state index < -0.39 is 21.4 Å². The monoisotopic (exact) mass is 960 g/mol. The van der Waals surface area contributed by atoms with Gasteiger partial charge in [-0.1, -0.05) is 218 Å². The SMILES string of the molecule is C.CB(O)O.CBr.CCCl.CCOc1ccc(B(O)O)cc1.CCc1ccc(C)cc1.CCc1ccc(C)cc1B(O)O.Cc1ccccc1.Cc1ccccc1.Cc1ccccc1. The van der Waals surface area contributed by atoms with Crippen molar-refractivity contribution in [3.8, 4) is 5.75 Å². The highest BCUT2D eigenvalue weighted by Crippen LogP contribution is 2.07. The van der Waals surface area contributed by atoms with E-state index in [0.29, 0.717) is 17.5 Å². The first-order chi connectivity index (χ1) is 30.0. The van der Waals surface area contributed by atoms with Gasteiger partial charge in [-0.25, -0.2) is 0 Å². The smallest absolute Gasteiger partial charge is 0.488 e. The van der Waals surface area contributed by atoms with Crippen molar-refractivity contribution < 1.29 is 34.9 Å². The van der Waals surface area contributed by atoms with Crippen LogP contribution in [0, 0.1) is 34.6 Å². The molecule has 0 aliphatic rings. The Bertz CT molecular complexity index is 1770. The number of rotatable bonds is 6. The maximum absolute atomic E-state index is 9.02. The number of ether oxygens (including phenoxy) is 1. The molecule has 0 saturated carbocycles. The Morgan fingerprint density at radius 1 is 0.484 bits per heavy atom. The highest BCUT2D eigenvalue weighted by atomic mass is 79.9. The largest absolute Gasteiger partial charge is 0.494 e. The lowest BCUT2D eigenvalue weighted by molar-refractivity contribution is 0.340. The summed E-state index contributed by atoms with van der Waals surface area (Å²) in [4.78, 5) is 0. The molecule has 6 aromatic rings. The van der Waals surface area contributed by atoms with Crippen molar-refractivity contribution in [2.75, 3.05) is 18.3 Å². The predicted molar refractivity (Wildman–Crippen MR) is 286 cm³/mol. The van der Waals surface area contributed by atoms with E-state index in [9.17, 15) is 0 Å². The molecule has 0 aromatic heterocycles. The van der Waals surface area contributed by atoms with Crippen molar-refractivity contribution in [3.63, 3.8) is 0 Å². The van der Waals surface area contributed by atoms with Gasteiger partial charge in [0.1, 0.15) is 5.75 Å². The number of hydrogen-bond donors (Lipinski definition) is 6. The molecule has 12 heteroatoms. The Balaban J connectivity index is -0.000000328. The molecule has 0 spiro atoms. The average molecular weight is 962 g/mol. The summed E-state index contributed by atoms with van der Waals surface area (Å²) in [5.74, 6) is 3.27. The Labute approximate surface area is 402 Å². The highest BCUT2D eigenvalue weighted by molar-refractivity contribution is 9.08. The number of benzene rings is 6. The molecule has 0 atom stereocenters. The summed E-state index contributed by atoms with van der Waals surface area (Å²) in [6, 6.07) is 51.8. The van der Waals surface area contributed by atoms with Crippen molar-refractivity contribution >= 4 is 59.8 Å². The van der Waals surface area contributed by atoms with Crippen LogP contribution in [0.3, 0.4) is 0 Å². The van der Waals surface area contributed by atoms with Crippen LogP contribution >= 0.6 is 27.5 Å². The summed E-state index contributed by atoms with van der Waals surface area (Å²) in [7, 11) is -3.92. The summed E-state index contributed by atoms with van der Waals surface area (Å²) < 4.78 is 5.18. The van der Waals surface area contributed by atoms with Gasteiger partial charge in [-0.2, -0.15) is 0 Å². The second-order valence-corrected chi connectivity index (χ2v) is 14.0. The minimum atomic E-state index is -1.40. The van der Waals surface area contributed by atoms with Crippen molar-refractivity contribution in [1.82, 2.24) is 0 Å². The first kappa shape index (κ1) is 66.4. The molecule has 350 valence electrons. The molecular weight excluding hydrogens is 884 g/mol. The normalized spacial score (nSPS) is 8.67. The Kier molecular flexibility index (Phi) is 47.2. The van der Waals surface area contributed by atoms with E-state index in [-0.39, 0.29) is 7.43 Å². The van der Waals surface area contributed by atoms with E-state index in [2.05, 4.69) is 111 Å². The van der Waals surface area contributed by atoms with Crippen molar-refractivity contribution in [1.29, 1.82) is 0 Å². The van der Waals surface area contributed by atoms with Gasteiger partial charge in [-0.15, -0.1) is 11.6 Å². The number of hydrogen-bond acceptors (Lipinski definition) is 7. The second kappa shape index (κ2) is 45.4. The summed E-state index contributed by atoms with van der Waals surface area (Å²) in [6.07, 6.45) is 1.97. The summed E-state index contributed by atoms with van der Waals surface area (Å²) in [6.45, 7) is 20.1. The number of halogens is 2. The van der Waals surface area contributed by atoms with E-state index in [1.54, 1.807) is 24.3 Å². The summed E-state index contributed by atoms with van der Waals surface area (Å²) in [5, 5.41) is 50.8. The molecule has 0 heterocycles. The minimum absolute atomic E-state index is 0. The fraction of sp³-hybridized carbons (Fsp3) is 0.308. The molecular formula is C52H77B3BrClO7. The molecule has 0 saturated heterocycles. The van der Waals surface area contributed by atoms with Gasteiger partial charge in [0.05, 0.1) is 6.61 Å². The van der Waals surface area contributed by atoms with E-state index in [1.807, 2.05) is 106 Å². The molecule has 6 N–H and O–H groups in total. The molecule has 0 bridgehead atoms. The van der Waals surface area contributed by atoms with E-state index in [1.165, 1.54) is 34.6 Å². The average Bonchev–Trinajstić information content (AvgIpc) is 3.27. The molecule has 0 amide bonds. The van der Waals surface area contributed by atoms with Gasteiger partial charge >= 0.3 is 21.4 Å². The maximum Gasteiger partial charge on any atom is 0.488 e. The highest BCUT2D eigenvalue weighted by Gasteiger charge is 2.14. The zero-order valence-corrected chi connectivity index (χ0v) is 41.8. The fourth-order valence-corrected chi connectivity index (χ4v) is 4.61. The fourth-order valence-electron chi connectivity index (χ4n) is 4.61. The standard InChI is InChI=1S/C9H13BO2.C9H12.C8H11BO3.3C7H8.C2H5Cl.CH5BO2.CH3Br.CH4/c1-3-8-5-4-7(2)6-9(8)10(11)12;1-3-9-6-4-8(2)5-7-9;1-2-12-8-5-3-7(4-6-8)9(10)11;3*1-7-5-3-2-4-6-7;1-2-3;1-2(3)4;1-2;/h4-6,11-12H,3H2,1-2H3;4-7H,3H2,1-2H3;3-6,10-11H,2H2,1H3;3*2-6H,1H3;2H2,1H3;3-4H,1H3;1H3;1H4.